The molecule has 0 saturated heterocycles. The van der Waals surface area contributed by atoms with Gasteiger partial charge in [0.05, 0.1) is 0 Å². The van der Waals surface area contributed by atoms with Crippen LogP contribution in [0.15, 0.2) is 48.8 Å². The largest absolute Gasteiger partial charge is 0.321 e. The van der Waals surface area contributed by atoms with E-state index in [0.717, 1.165) is 12.8 Å². The van der Waals surface area contributed by atoms with Crippen molar-refractivity contribution in [3.05, 3.63) is 54.4 Å². The third-order valence-electron chi connectivity index (χ3n) is 3.24. The van der Waals surface area contributed by atoms with E-state index in [2.05, 4.69) is 29.2 Å². The van der Waals surface area contributed by atoms with Crippen molar-refractivity contribution in [2.45, 2.75) is 18.4 Å². The number of rotatable bonds is 2. The lowest BCUT2D eigenvalue weighted by Gasteiger charge is -2.15. The molecule has 0 spiro atoms. The second kappa shape index (κ2) is 3.42. The summed E-state index contributed by atoms with van der Waals surface area (Å²) in [5, 5.41) is 0. The van der Waals surface area contributed by atoms with Gasteiger partial charge in [0, 0.05) is 17.9 Å². The Morgan fingerprint density at radius 2 is 1.69 bits per heavy atom. The van der Waals surface area contributed by atoms with E-state index in [1.807, 2.05) is 24.5 Å². The maximum Gasteiger partial charge on any atom is 0.0417 e. The summed E-state index contributed by atoms with van der Waals surface area (Å²) in [6, 6.07) is 12.5. The van der Waals surface area contributed by atoms with E-state index in [-0.39, 0.29) is 5.54 Å². The Morgan fingerprint density at radius 1 is 1.00 bits per heavy atom. The Balaban J connectivity index is 2.14. The van der Waals surface area contributed by atoms with Crippen LogP contribution in [0.5, 0.6) is 0 Å². The first-order chi connectivity index (χ1) is 7.80. The summed E-state index contributed by atoms with van der Waals surface area (Å²) in [6.07, 6.45) is 5.83. The van der Waals surface area contributed by atoms with Crippen LogP contribution in [0.3, 0.4) is 0 Å². The van der Waals surface area contributed by atoms with Gasteiger partial charge in [-0.3, -0.25) is 4.98 Å². The Hall–Kier alpha value is -1.67. The van der Waals surface area contributed by atoms with E-state index in [9.17, 15) is 0 Å². The molecule has 80 valence electrons. The molecule has 0 unspecified atom stereocenters. The monoisotopic (exact) mass is 210 g/mol. The van der Waals surface area contributed by atoms with Crippen molar-refractivity contribution in [1.82, 2.24) is 4.98 Å². The molecule has 2 nitrogen and oxygen atoms in total. The molecular formula is C14H14N2. The molecule has 0 radical (unpaired) electrons. The van der Waals surface area contributed by atoms with Crippen LogP contribution in [0.4, 0.5) is 0 Å². The number of nitrogens with zero attached hydrogens (tertiary/aromatic N) is 1. The van der Waals surface area contributed by atoms with Crippen molar-refractivity contribution in [1.29, 1.82) is 0 Å². The number of aromatic nitrogens is 1. The fraction of sp³-hybridized carbons (Fsp3) is 0.214. The molecule has 2 heteroatoms. The highest BCUT2D eigenvalue weighted by atomic mass is 14.8. The summed E-state index contributed by atoms with van der Waals surface area (Å²) in [5.74, 6) is 0. The van der Waals surface area contributed by atoms with Gasteiger partial charge < -0.3 is 5.73 Å². The summed E-state index contributed by atoms with van der Waals surface area (Å²) in [4.78, 5) is 4.05. The van der Waals surface area contributed by atoms with Crippen LogP contribution in [0, 0.1) is 0 Å². The van der Waals surface area contributed by atoms with E-state index >= 15 is 0 Å². The predicted octanol–water partition coefficient (Wildman–Crippen LogP) is 2.70. The van der Waals surface area contributed by atoms with Gasteiger partial charge in [-0.2, -0.15) is 0 Å². The smallest absolute Gasteiger partial charge is 0.0417 e. The summed E-state index contributed by atoms with van der Waals surface area (Å²) in [5.41, 5.74) is 9.91. The minimum Gasteiger partial charge on any atom is -0.321 e. The maximum atomic E-state index is 6.29. The van der Waals surface area contributed by atoms with Crippen LogP contribution in [-0.4, -0.2) is 4.98 Å². The molecule has 1 saturated carbocycles. The summed E-state index contributed by atoms with van der Waals surface area (Å²) >= 11 is 0. The number of hydrogen-bond donors (Lipinski definition) is 1. The average Bonchev–Trinajstić information content (AvgIpc) is 3.10. The summed E-state index contributed by atoms with van der Waals surface area (Å²) < 4.78 is 0. The summed E-state index contributed by atoms with van der Waals surface area (Å²) in [6.45, 7) is 0. The molecule has 0 atom stereocenters. The minimum absolute atomic E-state index is 0.0835. The van der Waals surface area contributed by atoms with E-state index in [4.69, 9.17) is 5.73 Å². The fourth-order valence-corrected chi connectivity index (χ4v) is 2.10. The molecule has 0 aliphatic heterocycles. The van der Waals surface area contributed by atoms with Gasteiger partial charge >= 0.3 is 0 Å². The lowest BCUT2D eigenvalue weighted by Crippen LogP contribution is -2.19. The SMILES string of the molecule is NC1(c2ccccc2-c2ccncc2)CC1. The molecular weight excluding hydrogens is 196 g/mol. The molecule has 0 amide bonds. The lowest BCUT2D eigenvalue weighted by atomic mass is 9.94. The Bertz CT molecular complexity index is 501. The zero-order chi connectivity index (χ0) is 11.0. The quantitative estimate of drug-likeness (QED) is 0.827. The first-order valence-electron chi connectivity index (χ1n) is 5.58. The average molecular weight is 210 g/mol. The standard InChI is InChI=1S/C14H14N2/c15-14(7-8-14)13-4-2-1-3-12(13)11-5-9-16-10-6-11/h1-6,9-10H,7-8,15H2. The first kappa shape index (κ1) is 9.55. The van der Waals surface area contributed by atoms with Crippen LogP contribution in [0.2, 0.25) is 0 Å². The van der Waals surface area contributed by atoms with Gasteiger partial charge in [0.2, 0.25) is 0 Å². The van der Waals surface area contributed by atoms with Crippen molar-refractivity contribution >= 4 is 0 Å². The van der Waals surface area contributed by atoms with E-state index in [0.29, 0.717) is 0 Å². The van der Waals surface area contributed by atoms with Gasteiger partial charge in [0.1, 0.15) is 0 Å². The molecule has 1 aromatic carbocycles. The van der Waals surface area contributed by atoms with Crippen molar-refractivity contribution in [2.24, 2.45) is 5.73 Å². The van der Waals surface area contributed by atoms with Crippen LogP contribution in [-0.2, 0) is 5.54 Å². The van der Waals surface area contributed by atoms with Gasteiger partial charge in [-0.25, -0.2) is 0 Å². The maximum absolute atomic E-state index is 6.29. The van der Waals surface area contributed by atoms with Crippen LogP contribution in [0.1, 0.15) is 18.4 Å². The molecule has 2 aromatic rings. The molecule has 1 aromatic heterocycles. The molecule has 0 bridgehead atoms. The second-order valence-electron chi connectivity index (χ2n) is 4.44. The molecule has 16 heavy (non-hydrogen) atoms. The molecule has 1 fully saturated rings. The molecule has 1 heterocycles. The highest BCUT2D eigenvalue weighted by molar-refractivity contribution is 5.69. The zero-order valence-electron chi connectivity index (χ0n) is 9.06. The van der Waals surface area contributed by atoms with Crippen LogP contribution < -0.4 is 5.73 Å². The molecule has 1 aliphatic rings. The normalized spacial score (nSPS) is 17.1. The minimum atomic E-state index is -0.0835. The third kappa shape index (κ3) is 1.51. The zero-order valence-corrected chi connectivity index (χ0v) is 9.06. The summed E-state index contributed by atoms with van der Waals surface area (Å²) in [7, 11) is 0. The van der Waals surface area contributed by atoms with Gasteiger partial charge in [-0.1, -0.05) is 24.3 Å². The second-order valence-corrected chi connectivity index (χ2v) is 4.44. The van der Waals surface area contributed by atoms with E-state index < -0.39 is 0 Å². The highest BCUT2D eigenvalue weighted by Gasteiger charge is 2.41. The topological polar surface area (TPSA) is 38.9 Å². The van der Waals surface area contributed by atoms with Gasteiger partial charge in [-0.05, 0) is 41.7 Å². The van der Waals surface area contributed by atoms with Crippen molar-refractivity contribution in [3.63, 3.8) is 0 Å². The van der Waals surface area contributed by atoms with Gasteiger partial charge in [-0.15, -0.1) is 0 Å². The van der Waals surface area contributed by atoms with Crippen LogP contribution >= 0.6 is 0 Å². The van der Waals surface area contributed by atoms with Crippen LogP contribution in [0.25, 0.3) is 11.1 Å². The van der Waals surface area contributed by atoms with Gasteiger partial charge in [0.15, 0.2) is 0 Å². The Labute approximate surface area is 95.1 Å². The predicted molar refractivity (Wildman–Crippen MR) is 64.8 cm³/mol. The molecule has 3 rings (SSSR count). The van der Waals surface area contributed by atoms with E-state index in [1.54, 1.807) is 0 Å². The number of hydrogen-bond acceptors (Lipinski definition) is 2. The van der Waals surface area contributed by atoms with E-state index in [1.165, 1.54) is 16.7 Å². The lowest BCUT2D eigenvalue weighted by molar-refractivity contribution is 0.742. The van der Waals surface area contributed by atoms with Crippen molar-refractivity contribution in [3.8, 4) is 11.1 Å². The number of pyridine rings is 1. The molecule has 1 aliphatic carbocycles. The Kier molecular flexibility index (Phi) is 2.04. The fourth-order valence-electron chi connectivity index (χ4n) is 2.10. The first-order valence-corrected chi connectivity index (χ1v) is 5.58. The van der Waals surface area contributed by atoms with Gasteiger partial charge in [0.25, 0.3) is 0 Å². The molecule has 2 N–H and O–H groups in total. The highest BCUT2D eigenvalue weighted by Crippen LogP contribution is 2.46. The third-order valence-corrected chi connectivity index (χ3v) is 3.24. The number of benzene rings is 1. The van der Waals surface area contributed by atoms with Crippen molar-refractivity contribution < 1.29 is 0 Å². The van der Waals surface area contributed by atoms with Crippen molar-refractivity contribution in [2.75, 3.05) is 0 Å². The Morgan fingerprint density at radius 3 is 2.38 bits per heavy atom. The number of nitrogens with two attached hydrogens (primary N) is 1.